The van der Waals surface area contributed by atoms with Crippen molar-refractivity contribution in [2.75, 3.05) is 5.32 Å². The van der Waals surface area contributed by atoms with E-state index in [1.807, 2.05) is 13.0 Å². The molecule has 0 bridgehead atoms. The van der Waals surface area contributed by atoms with E-state index in [0.29, 0.717) is 16.3 Å². The van der Waals surface area contributed by atoms with Crippen LogP contribution in [0.15, 0.2) is 42.4 Å². The third kappa shape index (κ3) is 3.48. The lowest BCUT2D eigenvalue weighted by molar-refractivity contribution is 0.0968. The van der Waals surface area contributed by atoms with Gasteiger partial charge < -0.3 is 16.4 Å². The molecule has 0 aromatic carbocycles. The van der Waals surface area contributed by atoms with Crippen LogP contribution in [0.4, 0.5) is 9.80 Å². The second-order valence-corrected chi connectivity index (χ2v) is 5.28. The highest BCUT2D eigenvalue weighted by Crippen LogP contribution is 2.27. The lowest BCUT2D eigenvalue weighted by atomic mass is 10.2. The van der Waals surface area contributed by atoms with Crippen molar-refractivity contribution < 1.29 is 9.59 Å². The quantitative estimate of drug-likeness (QED) is 0.683. The molecule has 6 nitrogen and oxygen atoms in total. The average molecular weight is 290 g/mol. The van der Waals surface area contributed by atoms with E-state index in [4.69, 9.17) is 5.73 Å². The predicted molar refractivity (Wildman–Crippen MR) is 79.2 cm³/mol. The van der Waals surface area contributed by atoms with Gasteiger partial charge >= 0.3 is 6.03 Å². The molecule has 1 aliphatic rings. The van der Waals surface area contributed by atoms with Gasteiger partial charge in [0.05, 0.1) is 11.3 Å². The van der Waals surface area contributed by atoms with Crippen molar-refractivity contribution in [2.24, 2.45) is 5.73 Å². The maximum atomic E-state index is 12.2. The molecule has 7 heteroatoms. The second-order valence-electron chi connectivity index (χ2n) is 4.03. The molecule has 0 fully saturated rings. The van der Waals surface area contributed by atoms with Gasteiger partial charge in [-0.15, -0.1) is 11.3 Å². The number of aryl methyl sites for hydroxylation is 1. The Labute approximate surface area is 120 Å². The molecule has 0 radical (unpaired) electrons. The molecule has 2 heterocycles. The van der Waals surface area contributed by atoms with Gasteiger partial charge in [-0.05, 0) is 25.1 Å². The Morgan fingerprint density at radius 3 is 2.85 bits per heavy atom. The number of hydrogen-bond acceptors (Lipinski definition) is 4. The number of nitrogens with two attached hydrogens (primary N) is 1. The lowest BCUT2D eigenvalue weighted by Gasteiger charge is -2.06. The second kappa shape index (κ2) is 6.07. The minimum atomic E-state index is -0.694. The van der Waals surface area contributed by atoms with Crippen LogP contribution < -0.4 is 21.7 Å². The summed E-state index contributed by atoms with van der Waals surface area (Å²) in [5.41, 5.74) is 6.10. The number of nitrogens with one attached hydrogen (secondary N) is 3. The summed E-state index contributed by atoms with van der Waals surface area (Å²) in [6, 6.07) is 1.01. The van der Waals surface area contributed by atoms with E-state index in [-0.39, 0.29) is 5.91 Å². The number of hydrogen-bond donors (Lipinski definition) is 4. The highest BCUT2D eigenvalue weighted by molar-refractivity contribution is 7.16. The molecule has 0 atom stereocenters. The monoisotopic (exact) mass is 290 g/mol. The van der Waals surface area contributed by atoms with Gasteiger partial charge in [0, 0.05) is 17.3 Å². The summed E-state index contributed by atoms with van der Waals surface area (Å²) < 4.78 is 0. The summed E-state index contributed by atoms with van der Waals surface area (Å²) in [5, 5.41) is 8.55. The minimum Gasteiger partial charge on any atom is -0.366 e. The summed E-state index contributed by atoms with van der Waals surface area (Å²) >= 11 is 1.30. The molecular formula is C13H14N4O2S. The SMILES string of the molecule is Cc1cc(C(=O)NC2=CNC=CC=C2)c(NC(N)=O)s1. The number of amides is 3. The third-order valence-corrected chi connectivity index (χ3v) is 3.38. The summed E-state index contributed by atoms with van der Waals surface area (Å²) in [4.78, 5) is 24.1. The van der Waals surface area contributed by atoms with Crippen LogP contribution in [0.2, 0.25) is 0 Å². The Balaban J connectivity index is 2.16. The first-order chi connectivity index (χ1) is 9.56. The fourth-order valence-electron chi connectivity index (χ4n) is 1.62. The van der Waals surface area contributed by atoms with E-state index in [2.05, 4.69) is 16.0 Å². The summed E-state index contributed by atoms with van der Waals surface area (Å²) in [6.45, 7) is 1.85. The highest BCUT2D eigenvalue weighted by atomic mass is 32.1. The minimum absolute atomic E-state index is 0.308. The predicted octanol–water partition coefficient (Wildman–Crippen LogP) is 1.79. The van der Waals surface area contributed by atoms with Crippen molar-refractivity contribution in [3.63, 3.8) is 0 Å². The summed E-state index contributed by atoms with van der Waals surface area (Å²) in [6.07, 6.45) is 8.77. The molecule has 0 saturated heterocycles. The Morgan fingerprint density at radius 2 is 2.10 bits per heavy atom. The normalized spacial score (nSPS) is 13.2. The van der Waals surface area contributed by atoms with Crippen molar-refractivity contribution >= 4 is 28.3 Å². The van der Waals surface area contributed by atoms with E-state index < -0.39 is 6.03 Å². The van der Waals surface area contributed by atoms with Gasteiger partial charge in [0.15, 0.2) is 0 Å². The van der Waals surface area contributed by atoms with Crippen LogP contribution in [0.25, 0.3) is 0 Å². The number of anilines is 1. The van der Waals surface area contributed by atoms with Crippen LogP contribution in [-0.4, -0.2) is 11.9 Å². The molecule has 0 spiro atoms. The van der Waals surface area contributed by atoms with Gasteiger partial charge in [-0.2, -0.15) is 0 Å². The molecular weight excluding hydrogens is 276 g/mol. The standard InChI is InChI=1S/C13H14N4O2S/c1-8-6-10(12(20-8)17-13(14)19)11(18)16-9-4-2-3-5-15-7-9/h2-7,15H,1H3,(H,16,18)(H3,14,17,19). The summed E-state index contributed by atoms with van der Waals surface area (Å²) in [5.74, 6) is -0.308. The molecule has 104 valence electrons. The van der Waals surface area contributed by atoms with Gasteiger partial charge in [-0.1, -0.05) is 6.08 Å². The zero-order valence-electron chi connectivity index (χ0n) is 10.8. The highest BCUT2D eigenvalue weighted by Gasteiger charge is 2.16. The lowest BCUT2D eigenvalue weighted by Crippen LogP contribution is -2.25. The largest absolute Gasteiger partial charge is 0.366 e. The Kier molecular flexibility index (Phi) is 4.21. The van der Waals surface area contributed by atoms with E-state index in [0.717, 1.165) is 4.88 Å². The molecule has 1 aromatic rings. The molecule has 0 aliphatic carbocycles. The van der Waals surface area contributed by atoms with Crippen molar-refractivity contribution in [2.45, 2.75) is 6.92 Å². The molecule has 1 aromatic heterocycles. The molecule has 20 heavy (non-hydrogen) atoms. The number of urea groups is 1. The zero-order valence-corrected chi connectivity index (χ0v) is 11.6. The van der Waals surface area contributed by atoms with Crippen LogP contribution in [0, 0.1) is 6.92 Å². The molecule has 5 N–H and O–H groups in total. The summed E-state index contributed by atoms with van der Waals surface area (Å²) in [7, 11) is 0. The Morgan fingerprint density at radius 1 is 1.30 bits per heavy atom. The van der Waals surface area contributed by atoms with Crippen molar-refractivity contribution in [1.29, 1.82) is 0 Å². The number of thiophene rings is 1. The molecule has 1 aliphatic heterocycles. The number of carbonyl (C=O) groups is 2. The Bertz CT molecular complexity index is 628. The molecule has 0 saturated carbocycles. The number of rotatable bonds is 3. The first-order valence-electron chi connectivity index (χ1n) is 5.84. The van der Waals surface area contributed by atoms with Crippen LogP contribution in [0.1, 0.15) is 15.2 Å². The molecule has 2 rings (SSSR count). The fraction of sp³-hybridized carbons (Fsp3) is 0.0769. The topological polar surface area (TPSA) is 96.2 Å². The number of carbonyl (C=O) groups excluding carboxylic acids is 2. The van der Waals surface area contributed by atoms with Crippen molar-refractivity contribution in [1.82, 2.24) is 10.6 Å². The number of allylic oxidation sites excluding steroid dienone is 3. The van der Waals surface area contributed by atoms with Crippen LogP contribution >= 0.6 is 11.3 Å². The van der Waals surface area contributed by atoms with Gasteiger partial charge in [-0.25, -0.2) is 4.79 Å². The van der Waals surface area contributed by atoms with Gasteiger partial charge in [0.1, 0.15) is 5.00 Å². The van der Waals surface area contributed by atoms with E-state index in [1.54, 1.807) is 30.6 Å². The fourth-order valence-corrected chi connectivity index (χ4v) is 2.53. The molecule has 3 amide bonds. The molecule has 0 unspecified atom stereocenters. The maximum Gasteiger partial charge on any atom is 0.317 e. The third-order valence-electron chi connectivity index (χ3n) is 2.41. The first-order valence-corrected chi connectivity index (χ1v) is 6.65. The van der Waals surface area contributed by atoms with E-state index in [9.17, 15) is 9.59 Å². The first kappa shape index (κ1) is 13.9. The Hall–Kier alpha value is -2.54. The van der Waals surface area contributed by atoms with Crippen molar-refractivity contribution in [3.8, 4) is 0 Å². The number of primary amides is 1. The van der Waals surface area contributed by atoms with Gasteiger partial charge in [0.2, 0.25) is 0 Å². The van der Waals surface area contributed by atoms with E-state index in [1.165, 1.54) is 11.3 Å². The zero-order chi connectivity index (χ0) is 14.5. The van der Waals surface area contributed by atoms with Crippen LogP contribution in [-0.2, 0) is 0 Å². The van der Waals surface area contributed by atoms with Crippen LogP contribution in [0.3, 0.4) is 0 Å². The average Bonchev–Trinajstić information content (AvgIpc) is 2.59. The van der Waals surface area contributed by atoms with Gasteiger partial charge in [-0.3, -0.25) is 10.1 Å². The maximum absolute atomic E-state index is 12.2. The van der Waals surface area contributed by atoms with Crippen molar-refractivity contribution in [3.05, 3.63) is 52.8 Å². The van der Waals surface area contributed by atoms with E-state index >= 15 is 0 Å². The smallest absolute Gasteiger partial charge is 0.317 e. The van der Waals surface area contributed by atoms with Gasteiger partial charge in [0.25, 0.3) is 5.91 Å². The van der Waals surface area contributed by atoms with Crippen LogP contribution in [0.5, 0.6) is 0 Å².